The topological polar surface area (TPSA) is 9.23 Å². The molecule has 0 bridgehead atoms. The van der Waals surface area contributed by atoms with Gasteiger partial charge in [-0.3, -0.25) is 0 Å². The standard InChI is InChI=1S/C29H33O.BrH.Pd/c1-27(2,3)20-14-15-25-23(17-20)29(7,8)24-18-21(28(4,5)6)16-22(26(24)30-25)19-12-10-9-11-13-19;;/h9-14,16-18H,1-8H3;1H;/q-1;;+2/p-1. The van der Waals surface area contributed by atoms with E-state index in [1.54, 1.807) is 0 Å². The first-order valence-corrected chi connectivity index (χ1v) is 14.6. The minimum absolute atomic E-state index is 0.0499. The average Bonchev–Trinajstić information content (AvgIpc) is 2.74. The van der Waals surface area contributed by atoms with Crippen LogP contribution >= 0.6 is 13.4 Å². The van der Waals surface area contributed by atoms with Gasteiger partial charge in [-0.1, -0.05) is 97.2 Å². The molecule has 0 unspecified atom stereocenters. The Morgan fingerprint density at radius 3 is 1.94 bits per heavy atom. The molecule has 0 N–H and O–H groups in total. The van der Waals surface area contributed by atoms with Crippen LogP contribution in [-0.2, 0) is 33.4 Å². The van der Waals surface area contributed by atoms with Gasteiger partial charge in [0.15, 0.2) is 0 Å². The van der Waals surface area contributed by atoms with E-state index in [-0.39, 0.29) is 16.2 Å². The summed E-state index contributed by atoms with van der Waals surface area (Å²) in [5, 5.41) is 0. The number of halogens is 1. The summed E-state index contributed by atoms with van der Waals surface area (Å²) in [6.07, 6.45) is 0. The van der Waals surface area contributed by atoms with Gasteiger partial charge < -0.3 is 4.74 Å². The quantitative estimate of drug-likeness (QED) is 0.205. The molecule has 0 saturated carbocycles. The molecule has 0 atom stereocenters. The van der Waals surface area contributed by atoms with Gasteiger partial charge in [0.05, 0.1) is 0 Å². The summed E-state index contributed by atoms with van der Waals surface area (Å²) >= 11 is 5.35. The van der Waals surface area contributed by atoms with E-state index < -0.39 is 0 Å². The van der Waals surface area contributed by atoms with E-state index in [4.69, 9.17) is 4.74 Å². The zero-order valence-corrected chi connectivity index (χ0v) is 23.4. The third-order valence-electron chi connectivity index (χ3n) is 6.36. The Kier molecular flexibility index (Phi) is 7.17. The molecular weight excluding hydrogens is 551 g/mol. The van der Waals surface area contributed by atoms with Gasteiger partial charge in [-0.2, -0.15) is 17.7 Å². The minimum atomic E-state index is -0.175. The number of fused-ring (bicyclic) bond motifs is 2. The van der Waals surface area contributed by atoms with E-state index in [1.165, 1.54) is 27.8 Å². The Labute approximate surface area is 211 Å². The molecule has 0 saturated heterocycles. The van der Waals surface area contributed by atoms with Crippen LogP contribution in [0.5, 0.6) is 11.5 Å². The first kappa shape index (κ1) is 25.2. The average molecular weight is 584 g/mol. The van der Waals surface area contributed by atoms with Crippen LogP contribution in [-0.4, -0.2) is 0 Å². The van der Waals surface area contributed by atoms with Crippen molar-refractivity contribution in [3.8, 4) is 22.6 Å². The van der Waals surface area contributed by atoms with Gasteiger partial charge in [0.2, 0.25) is 0 Å². The van der Waals surface area contributed by atoms with Gasteiger partial charge in [-0.05, 0) is 33.6 Å². The summed E-state index contributed by atoms with van der Waals surface area (Å²) in [7, 11) is 0. The molecule has 1 aliphatic rings. The predicted molar refractivity (Wildman–Crippen MR) is 136 cm³/mol. The van der Waals surface area contributed by atoms with Crippen LogP contribution in [0.25, 0.3) is 11.1 Å². The number of ether oxygens (including phenoxy) is 1. The van der Waals surface area contributed by atoms with Crippen molar-refractivity contribution in [2.45, 2.75) is 71.6 Å². The monoisotopic (exact) mass is 582 g/mol. The van der Waals surface area contributed by atoms with Crippen LogP contribution in [0.15, 0.2) is 54.6 Å². The molecule has 1 nitrogen and oxygen atoms in total. The van der Waals surface area contributed by atoms with Gasteiger partial charge in [0.1, 0.15) is 5.75 Å². The van der Waals surface area contributed by atoms with Crippen molar-refractivity contribution < 1.29 is 21.9 Å². The first-order chi connectivity index (χ1) is 14.9. The van der Waals surface area contributed by atoms with E-state index in [0.29, 0.717) is 0 Å². The van der Waals surface area contributed by atoms with Crippen molar-refractivity contribution >= 4 is 13.4 Å². The summed E-state index contributed by atoms with van der Waals surface area (Å²) in [6.45, 7) is 18.2. The van der Waals surface area contributed by atoms with Crippen molar-refractivity contribution in [3.05, 3.63) is 82.9 Å². The number of benzene rings is 3. The Hall–Kier alpha value is -1.40. The van der Waals surface area contributed by atoms with Gasteiger partial charge in [-0.15, -0.1) is 11.6 Å². The summed E-state index contributed by atoms with van der Waals surface area (Å²) in [5.41, 5.74) is 7.38. The second kappa shape index (κ2) is 9.09. The van der Waals surface area contributed by atoms with Crippen LogP contribution < -0.4 is 4.74 Å². The zero-order chi connectivity index (χ0) is 23.9. The Balaban J connectivity index is 0.00000141. The summed E-state index contributed by atoms with van der Waals surface area (Å²) in [6, 6.07) is 23.1. The second-order valence-electron chi connectivity index (χ2n) is 11.1. The van der Waals surface area contributed by atoms with E-state index in [1.807, 2.05) is 0 Å². The van der Waals surface area contributed by atoms with Crippen LogP contribution in [0.2, 0.25) is 0 Å². The molecule has 0 fully saturated rings. The summed E-state index contributed by atoms with van der Waals surface area (Å²) in [5.74, 6) is 1.81. The maximum absolute atomic E-state index is 6.58. The van der Waals surface area contributed by atoms with Crippen LogP contribution in [0.1, 0.15) is 77.6 Å². The van der Waals surface area contributed by atoms with Crippen molar-refractivity contribution in [3.63, 3.8) is 0 Å². The number of hydrogen-bond acceptors (Lipinski definition) is 1. The number of rotatable bonds is 1. The molecule has 1 heterocycles. The fourth-order valence-corrected chi connectivity index (χ4v) is 4.18. The summed E-state index contributed by atoms with van der Waals surface area (Å²) < 4.78 is 6.58. The molecule has 4 rings (SSSR count). The maximum atomic E-state index is 6.58. The fourth-order valence-electron chi connectivity index (χ4n) is 4.18. The van der Waals surface area contributed by atoms with Gasteiger partial charge in [0.25, 0.3) is 0 Å². The van der Waals surface area contributed by atoms with Crippen molar-refractivity contribution in [1.29, 1.82) is 0 Å². The Morgan fingerprint density at radius 2 is 1.38 bits per heavy atom. The van der Waals surface area contributed by atoms with Gasteiger partial charge in [-0.25, -0.2) is 0 Å². The second-order valence-corrected chi connectivity index (χ2v) is 11.1. The van der Waals surface area contributed by atoms with E-state index >= 15 is 0 Å². The molecule has 172 valence electrons. The van der Waals surface area contributed by atoms with E-state index in [0.717, 1.165) is 17.1 Å². The third-order valence-corrected chi connectivity index (χ3v) is 6.36. The zero-order valence-electron chi connectivity index (χ0n) is 20.3. The molecule has 0 radical (unpaired) electrons. The molecule has 0 aliphatic carbocycles. The molecule has 0 spiro atoms. The Bertz CT molecular complexity index is 1100. The predicted octanol–water partition coefficient (Wildman–Crippen LogP) is 9.02. The van der Waals surface area contributed by atoms with E-state index in [2.05, 4.69) is 147 Å². The SMILES string of the molecule is CC(C)(C)c1c[c-]c2c(c1)C(C)(C)c1cc(C(C)(C)C)cc(-c3ccccc3)c1O2.[Br][Pd+]. The van der Waals surface area contributed by atoms with Gasteiger partial charge in [0, 0.05) is 11.3 Å². The molecule has 32 heavy (non-hydrogen) atoms. The molecule has 0 amide bonds. The fraction of sp³-hybridized carbons (Fsp3) is 0.379. The molecule has 3 aromatic rings. The first-order valence-electron chi connectivity index (χ1n) is 11.0. The Morgan fingerprint density at radius 1 is 0.812 bits per heavy atom. The molecule has 3 heteroatoms. The van der Waals surface area contributed by atoms with Gasteiger partial charge >= 0.3 is 30.6 Å². The van der Waals surface area contributed by atoms with Crippen molar-refractivity contribution in [2.24, 2.45) is 0 Å². The van der Waals surface area contributed by atoms with Crippen LogP contribution in [0.3, 0.4) is 0 Å². The number of hydrogen-bond donors (Lipinski definition) is 0. The normalized spacial score (nSPS) is 14.5. The third kappa shape index (κ3) is 4.77. The van der Waals surface area contributed by atoms with E-state index in [9.17, 15) is 0 Å². The van der Waals surface area contributed by atoms with Crippen molar-refractivity contribution in [1.82, 2.24) is 0 Å². The molecule has 1 aliphatic heterocycles. The molecular formula is C29H33BrOPd. The summed E-state index contributed by atoms with van der Waals surface area (Å²) in [4.78, 5) is 0. The molecule has 0 aromatic heterocycles. The van der Waals surface area contributed by atoms with Crippen LogP contribution in [0, 0.1) is 6.07 Å². The van der Waals surface area contributed by atoms with Crippen molar-refractivity contribution in [2.75, 3.05) is 0 Å². The molecule has 3 aromatic carbocycles. The van der Waals surface area contributed by atoms with Crippen LogP contribution in [0.4, 0.5) is 0 Å².